The van der Waals surface area contributed by atoms with Crippen LogP contribution in [0.1, 0.15) is 19.4 Å². The number of aromatic hydroxyl groups is 1. The summed E-state index contributed by atoms with van der Waals surface area (Å²) in [5.41, 5.74) is 5.05. The maximum Gasteiger partial charge on any atom is 0.160 e. The first-order chi connectivity index (χ1) is 14.9. The summed E-state index contributed by atoms with van der Waals surface area (Å²) >= 11 is 1.90. The molecule has 31 heavy (non-hydrogen) atoms. The van der Waals surface area contributed by atoms with Gasteiger partial charge in [0.2, 0.25) is 0 Å². The van der Waals surface area contributed by atoms with Crippen LogP contribution in [0.5, 0.6) is 5.75 Å². The number of thioether (sulfide) groups is 1. The van der Waals surface area contributed by atoms with Crippen molar-refractivity contribution in [3.63, 3.8) is 0 Å². The topological polar surface area (TPSA) is 79.1 Å². The van der Waals surface area contributed by atoms with Crippen LogP contribution < -0.4 is 10.2 Å². The molecule has 1 aromatic carbocycles. The number of phenols is 1. The minimum Gasteiger partial charge on any atom is -0.507 e. The number of pyridine rings is 2. The third-order valence-corrected chi connectivity index (χ3v) is 6.82. The Morgan fingerprint density at radius 2 is 2.03 bits per heavy atom. The van der Waals surface area contributed by atoms with Crippen LogP contribution >= 0.6 is 11.8 Å². The van der Waals surface area contributed by atoms with Crippen molar-refractivity contribution in [2.24, 2.45) is 7.05 Å². The zero-order chi connectivity index (χ0) is 21.7. The van der Waals surface area contributed by atoms with E-state index in [4.69, 9.17) is 9.97 Å². The van der Waals surface area contributed by atoms with E-state index in [1.165, 1.54) is 0 Å². The van der Waals surface area contributed by atoms with Gasteiger partial charge in [-0.25, -0.2) is 9.97 Å². The van der Waals surface area contributed by atoms with Gasteiger partial charge in [0.05, 0.1) is 34.3 Å². The summed E-state index contributed by atoms with van der Waals surface area (Å²) in [7, 11) is 1.87. The second-order valence-corrected chi connectivity index (χ2v) is 9.65. The van der Waals surface area contributed by atoms with Crippen molar-refractivity contribution >= 4 is 39.4 Å². The second kappa shape index (κ2) is 7.69. The smallest absolute Gasteiger partial charge is 0.160 e. The van der Waals surface area contributed by atoms with Crippen LogP contribution in [0.4, 0.5) is 5.69 Å². The van der Waals surface area contributed by atoms with Crippen LogP contribution in [0.15, 0.2) is 36.7 Å². The molecule has 0 bridgehead atoms. The number of aromatic nitrogens is 4. The molecule has 2 N–H and O–H groups in total. The molecule has 4 aromatic rings. The van der Waals surface area contributed by atoms with Gasteiger partial charge in [-0.1, -0.05) is 0 Å². The van der Waals surface area contributed by atoms with Gasteiger partial charge in [-0.15, -0.1) is 11.8 Å². The zero-order valence-electron chi connectivity index (χ0n) is 18.1. The molecule has 0 spiro atoms. The molecule has 3 aromatic heterocycles. The van der Waals surface area contributed by atoms with Gasteiger partial charge in [-0.05, 0) is 44.5 Å². The predicted molar refractivity (Wildman–Crippen MR) is 128 cm³/mol. The van der Waals surface area contributed by atoms with Crippen molar-refractivity contribution in [3.8, 4) is 17.0 Å². The molecule has 0 radical (unpaired) electrons. The molecule has 0 unspecified atom stereocenters. The van der Waals surface area contributed by atoms with E-state index >= 15 is 0 Å². The SMILES string of the molecule is Cc1cc(-c2cc3cn(C)nc3cc2O)nc2ncc(N3CS[C@H](C)N[C@@H](C)C3)cc12. The molecule has 1 aliphatic rings. The third-order valence-electron chi connectivity index (χ3n) is 5.73. The van der Waals surface area contributed by atoms with Crippen LogP contribution in [0, 0.1) is 6.92 Å². The number of nitrogens with one attached hydrogen (secondary N) is 1. The van der Waals surface area contributed by atoms with Gasteiger partial charge in [0, 0.05) is 48.2 Å². The summed E-state index contributed by atoms with van der Waals surface area (Å²) in [4.78, 5) is 11.8. The van der Waals surface area contributed by atoms with E-state index in [0.717, 1.165) is 40.0 Å². The molecule has 0 amide bonds. The average molecular weight is 435 g/mol. The quantitative estimate of drug-likeness (QED) is 0.493. The van der Waals surface area contributed by atoms with Gasteiger partial charge in [0.15, 0.2) is 5.65 Å². The molecule has 0 aliphatic carbocycles. The zero-order valence-corrected chi connectivity index (χ0v) is 18.9. The van der Waals surface area contributed by atoms with E-state index in [-0.39, 0.29) is 5.75 Å². The highest BCUT2D eigenvalue weighted by Gasteiger charge is 2.20. The van der Waals surface area contributed by atoms with Crippen molar-refractivity contribution in [3.05, 3.63) is 42.2 Å². The van der Waals surface area contributed by atoms with Crippen LogP contribution in [0.25, 0.3) is 33.2 Å². The lowest BCUT2D eigenvalue weighted by atomic mass is 10.0. The van der Waals surface area contributed by atoms with E-state index < -0.39 is 0 Å². The summed E-state index contributed by atoms with van der Waals surface area (Å²) < 4.78 is 1.74. The van der Waals surface area contributed by atoms with Gasteiger partial charge in [-0.3, -0.25) is 4.68 Å². The maximum absolute atomic E-state index is 10.6. The summed E-state index contributed by atoms with van der Waals surface area (Å²) in [6.45, 7) is 7.43. The number of benzene rings is 1. The van der Waals surface area contributed by atoms with Crippen molar-refractivity contribution < 1.29 is 5.11 Å². The van der Waals surface area contributed by atoms with Crippen LogP contribution in [-0.2, 0) is 7.05 Å². The molecular formula is C23H26N6OS. The second-order valence-electron chi connectivity index (χ2n) is 8.35. The Balaban J connectivity index is 1.55. The molecule has 2 atom stereocenters. The van der Waals surface area contributed by atoms with Crippen molar-refractivity contribution in [1.82, 2.24) is 25.1 Å². The van der Waals surface area contributed by atoms with Crippen LogP contribution in [0.2, 0.25) is 0 Å². The number of nitrogens with zero attached hydrogens (tertiary/aromatic N) is 5. The highest BCUT2D eigenvalue weighted by Crippen LogP contribution is 2.34. The molecule has 160 valence electrons. The number of anilines is 1. The molecule has 8 heteroatoms. The molecule has 0 saturated carbocycles. The lowest BCUT2D eigenvalue weighted by molar-refractivity contribution is 0.478. The highest BCUT2D eigenvalue weighted by atomic mass is 32.2. The van der Waals surface area contributed by atoms with E-state index in [0.29, 0.717) is 28.3 Å². The Morgan fingerprint density at radius 1 is 1.19 bits per heavy atom. The number of hydrogen-bond donors (Lipinski definition) is 2. The van der Waals surface area contributed by atoms with Gasteiger partial charge in [0.25, 0.3) is 0 Å². The summed E-state index contributed by atoms with van der Waals surface area (Å²) in [5.74, 6) is 1.10. The van der Waals surface area contributed by atoms with Crippen molar-refractivity contribution in [1.29, 1.82) is 0 Å². The number of phenolic OH excluding ortho intramolecular Hbond substituents is 1. The van der Waals surface area contributed by atoms with Crippen molar-refractivity contribution in [2.45, 2.75) is 32.2 Å². The maximum atomic E-state index is 10.6. The van der Waals surface area contributed by atoms with Crippen molar-refractivity contribution in [2.75, 3.05) is 17.3 Å². The predicted octanol–water partition coefficient (Wildman–Crippen LogP) is 4.03. The molecule has 1 fully saturated rings. The number of fused-ring (bicyclic) bond motifs is 2. The Morgan fingerprint density at radius 3 is 2.87 bits per heavy atom. The minimum atomic E-state index is 0.172. The Kier molecular flexibility index (Phi) is 4.98. The van der Waals surface area contributed by atoms with Gasteiger partial charge in [-0.2, -0.15) is 5.10 Å². The Hall–Kier alpha value is -2.84. The fraction of sp³-hybridized carbons (Fsp3) is 0.348. The fourth-order valence-corrected chi connectivity index (χ4v) is 5.21. The minimum absolute atomic E-state index is 0.172. The lowest BCUT2D eigenvalue weighted by Gasteiger charge is -2.24. The van der Waals surface area contributed by atoms with Gasteiger partial charge >= 0.3 is 0 Å². The van der Waals surface area contributed by atoms with Crippen LogP contribution in [-0.4, -0.2) is 48.7 Å². The molecule has 1 saturated heterocycles. The van der Waals surface area contributed by atoms with E-state index in [1.807, 2.05) is 43.3 Å². The van der Waals surface area contributed by atoms with Crippen LogP contribution in [0.3, 0.4) is 0 Å². The molecular weight excluding hydrogens is 408 g/mol. The highest BCUT2D eigenvalue weighted by molar-refractivity contribution is 7.99. The standard InChI is InChI=1S/C23H26N6OS/c1-13-5-21(19-6-16-11-28(4)27-20(16)8-22(19)30)26-23-18(13)7-17(9-24-23)29-10-14(2)25-15(3)31-12-29/h5-9,11,14-15,25,30H,10,12H2,1-4H3/t14-,15+/m0/s1. The number of rotatable bonds is 2. The van der Waals surface area contributed by atoms with Gasteiger partial charge < -0.3 is 15.3 Å². The summed E-state index contributed by atoms with van der Waals surface area (Å²) in [5, 5.41) is 21.0. The Bertz CT molecular complexity index is 1290. The molecule has 1 aliphatic heterocycles. The summed E-state index contributed by atoms with van der Waals surface area (Å²) in [6, 6.07) is 8.24. The Labute approximate surface area is 185 Å². The molecule has 7 nitrogen and oxygen atoms in total. The normalized spacial score (nSPS) is 19.8. The van der Waals surface area contributed by atoms with Gasteiger partial charge in [0.1, 0.15) is 5.75 Å². The lowest BCUT2D eigenvalue weighted by Crippen LogP contribution is -2.37. The van der Waals surface area contributed by atoms with E-state index in [9.17, 15) is 5.11 Å². The largest absolute Gasteiger partial charge is 0.507 e. The van der Waals surface area contributed by atoms with E-state index in [1.54, 1.807) is 10.7 Å². The number of aryl methyl sites for hydroxylation is 2. The summed E-state index contributed by atoms with van der Waals surface area (Å²) in [6.07, 6.45) is 3.85. The average Bonchev–Trinajstić information content (AvgIpc) is 2.99. The molecule has 5 rings (SSSR count). The fourth-order valence-electron chi connectivity index (χ4n) is 4.22. The monoisotopic (exact) mass is 434 g/mol. The first kappa shape index (κ1) is 20.1. The number of hydrogen-bond acceptors (Lipinski definition) is 7. The van der Waals surface area contributed by atoms with E-state index in [2.05, 4.69) is 42.2 Å². The first-order valence-electron chi connectivity index (χ1n) is 10.4. The third kappa shape index (κ3) is 3.81. The first-order valence-corrected chi connectivity index (χ1v) is 11.5. The molecule has 4 heterocycles.